The molecule has 0 spiro atoms. The van der Waals surface area contributed by atoms with Crippen LogP contribution >= 0.6 is 0 Å². The Labute approximate surface area is 146 Å². The lowest BCUT2D eigenvalue weighted by molar-refractivity contribution is 0.0898. The van der Waals surface area contributed by atoms with Crippen LogP contribution in [0.5, 0.6) is 0 Å². The van der Waals surface area contributed by atoms with E-state index < -0.39 is 0 Å². The van der Waals surface area contributed by atoms with Gasteiger partial charge >= 0.3 is 0 Å². The molecule has 4 heterocycles. The molecule has 2 atom stereocenters. The summed E-state index contributed by atoms with van der Waals surface area (Å²) in [4.78, 5) is 15.0. The average molecular weight is 341 g/mol. The molecular weight excluding hydrogens is 318 g/mol. The van der Waals surface area contributed by atoms with Crippen molar-refractivity contribution in [2.75, 3.05) is 13.1 Å². The smallest absolute Gasteiger partial charge is 0.289 e. The quantitative estimate of drug-likeness (QED) is 0.911. The van der Waals surface area contributed by atoms with E-state index in [1.807, 2.05) is 12.3 Å². The first-order valence-corrected chi connectivity index (χ1v) is 9.22. The van der Waals surface area contributed by atoms with Crippen LogP contribution in [0.2, 0.25) is 0 Å². The van der Waals surface area contributed by atoms with Crippen LogP contribution in [0, 0.1) is 11.8 Å². The number of hydrogen-bond donors (Lipinski definition) is 1. The summed E-state index contributed by atoms with van der Waals surface area (Å²) in [6, 6.07) is 2.36. The summed E-state index contributed by atoms with van der Waals surface area (Å²) in [7, 11) is 0. The molecule has 1 saturated carbocycles. The van der Waals surface area contributed by atoms with Crippen molar-refractivity contribution in [3.8, 4) is 0 Å². The van der Waals surface area contributed by atoms with Crippen LogP contribution in [0.4, 0.5) is 0 Å². The van der Waals surface area contributed by atoms with Gasteiger partial charge in [0.2, 0.25) is 5.82 Å². The van der Waals surface area contributed by atoms with Crippen LogP contribution in [-0.2, 0) is 19.5 Å². The number of furan rings is 1. The fourth-order valence-corrected chi connectivity index (χ4v) is 4.36. The van der Waals surface area contributed by atoms with E-state index in [0.717, 1.165) is 51.3 Å². The molecule has 5 rings (SSSR count). The predicted molar refractivity (Wildman–Crippen MR) is 89.8 cm³/mol. The molecule has 1 N–H and O–H groups in total. The highest BCUT2D eigenvalue weighted by atomic mass is 16.3. The number of carbonyl (C=O) groups excluding carboxylic acids is 1. The lowest BCUT2D eigenvalue weighted by atomic mass is 9.89. The molecule has 1 aliphatic carbocycles. The molecule has 2 fully saturated rings. The SMILES string of the molecule is O=C(NC1CCC1)c1nnc2n1C[C@H]1CN(Cc3ccoc3)C[C@H]1C2. The monoisotopic (exact) mass is 341 g/mol. The molecule has 7 heteroatoms. The van der Waals surface area contributed by atoms with Crippen LogP contribution in [-0.4, -0.2) is 44.7 Å². The maximum absolute atomic E-state index is 12.5. The minimum absolute atomic E-state index is 0.0600. The molecule has 25 heavy (non-hydrogen) atoms. The van der Waals surface area contributed by atoms with Gasteiger partial charge in [-0.05, 0) is 37.2 Å². The second-order valence-corrected chi connectivity index (χ2v) is 7.70. The molecule has 0 aromatic carbocycles. The fraction of sp³-hybridized carbons (Fsp3) is 0.611. The molecule has 2 aromatic rings. The molecule has 0 bridgehead atoms. The lowest BCUT2D eigenvalue weighted by Crippen LogP contribution is -2.41. The number of hydrogen-bond acceptors (Lipinski definition) is 5. The summed E-state index contributed by atoms with van der Waals surface area (Å²) in [6.07, 6.45) is 7.84. The molecule has 2 aromatic heterocycles. The maximum Gasteiger partial charge on any atom is 0.289 e. The van der Waals surface area contributed by atoms with Gasteiger partial charge in [-0.1, -0.05) is 0 Å². The number of likely N-dealkylation sites (tertiary alicyclic amines) is 1. The standard InChI is InChI=1S/C18H23N5O2/c24-18(19-15-2-1-3-15)17-21-20-16-6-13-8-22(7-12-4-5-25-11-12)9-14(13)10-23(16)17/h4-5,11,13-15H,1-3,6-10H2,(H,19,24)/t13-,14-/m1/s1. The van der Waals surface area contributed by atoms with Crippen LogP contribution in [0.25, 0.3) is 0 Å². The highest BCUT2D eigenvalue weighted by Gasteiger charge is 2.39. The van der Waals surface area contributed by atoms with E-state index in [1.165, 1.54) is 12.0 Å². The zero-order valence-electron chi connectivity index (χ0n) is 14.2. The molecule has 7 nitrogen and oxygen atoms in total. The summed E-state index contributed by atoms with van der Waals surface area (Å²) in [5.74, 6) is 2.56. The summed E-state index contributed by atoms with van der Waals surface area (Å²) in [5, 5.41) is 11.6. The normalized spacial score (nSPS) is 26.1. The second-order valence-electron chi connectivity index (χ2n) is 7.70. The molecular formula is C18H23N5O2. The van der Waals surface area contributed by atoms with E-state index >= 15 is 0 Å². The molecule has 0 unspecified atom stereocenters. The van der Waals surface area contributed by atoms with E-state index in [0.29, 0.717) is 23.7 Å². The van der Waals surface area contributed by atoms with E-state index in [2.05, 4.69) is 25.0 Å². The van der Waals surface area contributed by atoms with Crippen LogP contribution < -0.4 is 5.32 Å². The number of amides is 1. The van der Waals surface area contributed by atoms with Crippen molar-refractivity contribution in [1.82, 2.24) is 25.0 Å². The fourth-order valence-electron chi connectivity index (χ4n) is 4.36. The zero-order valence-corrected chi connectivity index (χ0v) is 14.2. The molecule has 1 amide bonds. The topological polar surface area (TPSA) is 76.2 Å². The number of fused-ring (bicyclic) bond motifs is 2. The molecule has 1 saturated heterocycles. The third-order valence-corrected chi connectivity index (χ3v) is 5.97. The van der Waals surface area contributed by atoms with Gasteiger partial charge in [-0.2, -0.15) is 0 Å². The molecule has 0 radical (unpaired) electrons. The third-order valence-electron chi connectivity index (χ3n) is 5.97. The first-order valence-electron chi connectivity index (χ1n) is 9.22. The van der Waals surface area contributed by atoms with E-state index in [-0.39, 0.29) is 5.91 Å². The Bertz CT molecular complexity index is 765. The van der Waals surface area contributed by atoms with Crippen molar-refractivity contribution in [2.45, 2.75) is 44.8 Å². The Balaban J connectivity index is 1.28. The van der Waals surface area contributed by atoms with Crippen molar-refractivity contribution in [3.05, 3.63) is 35.8 Å². The first kappa shape index (κ1) is 15.1. The summed E-state index contributed by atoms with van der Waals surface area (Å²) in [5.41, 5.74) is 1.22. The van der Waals surface area contributed by atoms with E-state index in [1.54, 1.807) is 6.26 Å². The first-order chi connectivity index (χ1) is 12.3. The third kappa shape index (κ3) is 2.76. The summed E-state index contributed by atoms with van der Waals surface area (Å²) < 4.78 is 7.23. The number of aromatic nitrogens is 3. The Kier molecular flexibility index (Phi) is 3.62. The van der Waals surface area contributed by atoms with E-state index in [4.69, 9.17) is 4.42 Å². The Morgan fingerprint density at radius 2 is 2.12 bits per heavy atom. The summed E-state index contributed by atoms with van der Waals surface area (Å²) in [6.45, 7) is 3.91. The van der Waals surface area contributed by atoms with Gasteiger partial charge in [-0.3, -0.25) is 9.69 Å². The largest absolute Gasteiger partial charge is 0.472 e. The van der Waals surface area contributed by atoms with Crippen molar-refractivity contribution >= 4 is 5.91 Å². The van der Waals surface area contributed by atoms with Gasteiger partial charge in [0.05, 0.1) is 12.5 Å². The zero-order chi connectivity index (χ0) is 16.8. The minimum Gasteiger partial charge on any atom is -0.472 e. The van der Waals surface area contributed by atoms with Gasteiger partial charge in [0.15, 0.2) is 0 Å². The van der Waals surface area contributed by atoms with Crippen molar-refractivity contribution in [3.63, 3.8) is 0 Å². The molecule has 132 valence electrons. The van der Waals surface area contributed by atoms with Crippen molar-refractivity contribution < 1.29 is 9.21 Å². The Morgan fingerprint density at radius 3 is 2.88 bits per heavy atom. The van der Waals surface area contributed by atoms with Gasteiger partial charge < -0.3 is 14.3 Å². The minimum atomic E-state index is -0.0600. The highest BCUT2D eigenvalue weighted by molar-refractivity contribution is 5.91. The van der Waals surface area contributed by atoms with Crippen molar-refractivity contribution in [2.24, 2.45) is 11.8 Å². The van der Waals surface area contributed by atoms with Gasteiger partial charge in [0, 0.05) is 44.2 Å². The van der Waals surface area contributed by atoms with Crippen LogP contribution in [0.15, 0.2) is 23.0 Å². The second kappa shape index (κ2) is 5.98. The van der Waals surface area contributed by atoms with Crippen LogP contribution in [0.3, 0.4) is 0 Å². The maximum atomic E-state index is 12.5. The Morgan fingerprint density at radius 1 is 1.24 bits per heavy atom. The average Bonchev–Trinajstić information content (AvgIpc) is 3.27. The highest BCUT2D eigenvalue weighted by Crippen LogP contribution is 2.33. The van der Waals surface area contributed by atoms with E-state index in [9.17, 15) is 4.79 Å². The summed E-state index contributed by atoms with van der Waals surface area (Å²) >= 11 is 0. The van der Waals surface area contributed by atoms with Crippen molar-refractivity contribution in [1.29, 1.82) is 0 Å². The van der Waals surface area contributed by atoms with Gasteiger partial charge in [0.25, 0.3) is 5.91 Å². The molecule has 2 aliphatic heterocycles. The van der Waals surface area contributed by atoms with Gasteiger partial charge in [-0.25, -0.2) is 0 Å². The number of nitrogens with zero attached hydrogens (tertiary/aromatic N) is 4. The van der Waals surface area contributed by atoms with Crippen LogP contribution in [0.1, 0.15) is 41.3 Å². The lowest BCUT2D eigenvalue weighted by Gasteiger charge is -2.28. The predicted octanol–water partition coefficient (Wildman–Crippen LogP) is 1.46. The number of nitrogens with one attached hydrogen (secondary N) is 1. The number of carbonyl (C=O) groups is 1. The Hall–Kier alpha value is -2.15. The van der Waals surface area contributed by atoms with Gasteiger partial charge in [-0.15, -0.1) is 10.2 Å². The number of rotatable bonds is 4. The molecule has 3 aliphatic rings. The van der Waals surface area contributed by atoms with Gasteiger partial charge in [0.1, 0.15) is 5.82 Å².